The molecule has 0 aromatic rings. The Hall–Kier alpha value is -0.650. The Morgan fingerprint density at radius 3 is 2.76 bits per heavy atom. The van der Waals surface area contributed by atoms with Crippen molar-refractivity contribution < 1.29 is 9.90 Å². The normalized spacial score (nSPS) is 22.6. The monoisotopic (exact) mass is 299 g/mol. The summed E-state index contributed by atoms with van der Waals surface area (Å²) in [4.78, 5) is 16.2. The second-order valence-electron chi connectivity index (χ2n) is 6.85. The molecule has 1 heterocycles. The van der Waals surface area contributed by atoms with Gasteiger partial charge in [0.2, 0.25) is 0 Å². The summed E-state index contributed by atoms with van der Waals surface area (Å²) >= 11 is 0. The highest BCUT2D eigenvalue weighted by Crippen LogP contribution is 2.17. The lowest BCUT2D eigenvalue weighted by Gasteiger charge is -2.28. The molecule has 2 N–H and O–H groups in total. The number of hydrogen-bond donors (Lipinski definition) is 2. The Balaban J connectivity index is 2.27. The first-order chi connectivity index (χ1) is 9.87. The van der Waals surface area contributed by atoms with Crippen LogP contribution in [0.2, 0.25) is 0 Å². The van der Waals surface area contributed by atoms with Gasteiger partial charge < -0.3 is 20.2 Å². The molecule has 0 bridgehead atoms. The lowest BCUT2D eigenvalue weighted by molar-refractivity contribution is -0.144. The summed E-state index contributed by atoms with van der Waals surface area (Å²) in [6.07, 6.45) is 3.83. The molecule has 2 unspecified atom stereocenters. The van der Waals surface area contributed by atoms with Gasteiger partial charge in [-0.3, -0.25) is 4.79 Å². The molecule has 0 radical (unpaired) electrons. The maximum absolute atomic E-state index is 11.4. The fraction of sp³-hybridized carbons (Fsp3) is 0.938. The van der Waals surface area contributed by atoms with E-state index in [0.29, 0.717) is 6.42 Å². The molecule has 0 amide bonds. The van der Waals surface area contributed by atoms with E-state index in [2.05, 4.69) is 36.1 Å². The molecule has 0 saturated carbocycles. The van der Waals surface area contributed by atoms with Crippen LogP contribution in [-0.4, -0.2) is 73.2 Å². The number of hydrogen-bond acceptors (Lipinski definition) is 4. The summed E-state index contributed by atoms with van der Waals surface area (Å²) in [5.41, 5.74) is -0.787. The Morgan fingerprint density at radius 1 is 1.52 bits per heavy atom. The van der Waals surface area contributed by atoms with Gasteiger partial charge in [0, 0.05) is 13.1 Å². The Bertz CT molecular complexity index is 325. The van der Waals surface area contributed by atoms with Crippen molar-refractivity contribution in [1.29, 1.82) is 0 Å². The number of likely N-dealkylation sites (tertiary alicyclic amines) is 1. The van der Waals surface area contributed by atoms with Gasteiger partial charge in [-0.05, 0) is 72.3 Å². The van der Waals surface area contributed by atoms with Gasteiger partial charge >= 0.3 is 5.97 Å². The van der Waals surface area contributed by atoms with E-state index in [-0.39, 0.29) is 0 Å². The third kappa shape index (κ3) is 6.32. The van der Waals surface area contributed by atoms with E-state index in [1.807, 2.05) is 0 Å². The highest BCUT2D eigenvalue weighted by Gasteiger charge is 2.31. The molecule has 21 heavy (non-hydrogen) atoms. The molecule has 1 aliphatic rings. The van der Waals surface area contributed by atoms with Crippen LogP contribution in [-0.2, 0) is 4.79 Å². The molecule has 1 rings (SSSR count). The summed E-state index contributed by atoms with van der Waals surface area (Å²) in [5.74, 6) is 0.0279. The molecule has 5 heteroatoms. The summed E-state index contributed by atoms with van der Waals surface area (Å²) < 4.78 is 0. The van der Waals surface area contributed by atoms with Gasteiger partial charge in [-0.25, -0.2) is 0 Å². The highest BCUT2D eigenvalue weighted by atomic mass is 16.4. The van der Waals surface area contributed by atoms with E-state index in [4.69, 9.17) is 0 Å². The van der Waals surface area contributed by atoms with Crippen molar-refractivity contribution in [2.45, 2.75) is 45.1 Å². The number of aliphatic carboxylic acids is 1. The number of carboxylic acid groups (broad SMARTS) is 1. The Morgan fingerprint density at radius 2 is 2.24 bits per heavy atom. The molecule has 124 valence electrons. The fourth-order valence-electron chi connectivity index (χ4n) is 3.08. The summed E-state index contributed by atoms with van der Waals surface area (Å²) in [5, 5.41) is 12.6. The summed E-state index contributed by atoms with van der Waals surface area (Å²) in [7, 11) is 4.33. The van der Waals surface area contributed by atoms with Crippen LogP contribution in [0.15, 0.2) is 0 Å². The minimum absolute atomic E-state index is 0.678. The number of rotatable bonds is 10. The van der Waals surface area contributed by atoms with E-state index < -0.39 is 11.5 Å². The predicted octanol–water partition coefficient (Wildman–Crippen LogP) is 1.49. The lowest BCUT2D eigenvalue weighted by Crippen LogP contribution is -2.50. The zero-order valence-corrected chi connectivity index (χ0v) is 14.2. The van der Waals surface area contributed by atoms with Gasteiger partial charge in [0.25, 0.3) is 0 Å². The second-order valence-corrected chi connectivity index (χ2v) is 6.85. The van der Waals surface area contributed by atoms with Gasteiger partial charge in [0.1, 0.15) is 5.54 Å². The van der Waals surface area contributed by atoms with Crippen LogP contribution in [0.4, 0.5) is 0 Å². The maximum atomic E-state index is 11.4. The van der Waals surface area contributed by atoms with Crippen molar-refractivity contribution in [2.75, 3.05) is 46.8 Å². The minimum Gasteiger partial charge on any atom is -0.480 e. The molecule has 1 fully saturated rings. The molecule has 1 aliphatic heterocycles. The van der Waals surface area contributed by atoms with Crippen LogP contribution in [0.5, 0.6) is 0 Å². The topological polar surface area (TPSA) is 55.8 Å². The van der Waals surface area contributed by atoms with Gasteiger partial charge in [-0.1, -0.05) is 6.92 Å². The van der Waals surface area contributed by atoms with E-state index in [9.17, 15) is 9.90 Å². The lowest BCUT2D eigenvalue weighted by atomic mass is 9.95. The van der Waals surface area contributed by atoms with Crippen LogP contribution in [0.1, 0.15) is 39.5 Å². The van der Waals surface area contributed by atoms with Crippen LogP contribution in [0, 0.1) is 5.92 Å². The van der Waals surface area contributed by atoms with E-state index in [1.54, 1.807) is 6.92 Å². The molecule has 5 nitrogen and oxygen atoms in total. The Kier molecular flexibility index (Phi) is 7.63. The quantitative estimate of drug-likeness (QED) is 0.640. The molecular formula is C16H33N3O2. The van der Waals surface area contributed by atoms with Crippen LogP contribution in [0.3, 0.4) is 0 Å². The number of carbonyl (C=O) groups is 1. The number of nitrogens with zero attached hydrogens (tertiary/aromatic N) is 2. The van der Waals surface area contributed by atoms with Crippen molar-refractivity contribution in [1.82, 2.24) is 15.1 Å². The van der Waals surface area contributed by atoms with Crippen molar-refractivity contribution >= 4 is 5.97 Å². The smallest absolute Gasteiger partial charge is 0.323 e. The highest BCUT2D eigenvalue weighted by molar-refractivity contribution is 5.78. The standard InChI is InChI=1S/C16H33N3O2/c1-5-9-17-16(2,15(20)21)8-6-10-18(3)12-14-7-11-19(4)13-14/h14,17H,5-13H2,1-4H3,(H,20,21). The molecule has 0 aliphatic carbocycles. The van der Waals surface area contributed by atoms with E-state index in [0.717, 1.165) is 38.4 Å². The predicted molar refractivity (Wildman–Crippen MR) is 86.7 cm³/mol. The van der Waals surface area contributed by atoms with Crippen LogP contribution in [0.25, 0.3) is 0 Å². The zero-order valence-electron chi connectivity index (χ0n) is 14.2. The first-order valence-electron chi connectivity index (χ1n) is 8.23. The summed E-state index contributed by atoms with van der Waals surface area (Å²) in [6, 6.07) is 0. The molecular weight excluding hydrogens is 266 g/mol. The fourth-order valence-corrected chi connectivity index (χ4v) is 3.08. The van der Waals surface area contributed by atoms with E-state index in [1.165, 1.54) is 19.5 Å². The van der Waals surface area contributed by atoms with Crippen molar-refractivity contribution in [3.8, 4) is 0 Å². The van der Waals surface area contributed by atoms with Gasteiger partial charge in [-0.15, -0.1) is 0 Å². The van der Waals surface area contributed by atoms with Crippen molar-refractivity contribution in [2.24, 2.45) is 5.92 Å². The van der Waals surface area contributed by atoms with Gasteiger partial charge in [0.15, 0.2) is 0 Å². The SMILES string of the molecule is CCCNC(C)(CCCN(C)CC1CCN(C)C1)C(=O)O. The number of nitrogens with one attached hydrogen (secondary N) is 1. The molecule has 1 saturated heterocycles. The molecule has 2 atom stereocenters. The van der Waals surface area contributed by atoms with Crippen molar-refractivity contribution in [3.63, 3.8) is 0 Å². The van der Waals surface area contributed by atoms with Gasteiger partial charge in [0.05, 0.1) is 0 Å². The zero-order chi connectivity index (χ0) is 15.9. The second kappa shape index (κ2) is 8.71. The van der Waals surface area contributed by atoms with Crippen LogP contribution < -0.4 is 5.32 Å². The maximum Gasteiger partial charge on any atom is 0.323 e. The first-order valence-corrected chi connectivity index (χ1v) is 8.23. The first kappa shape index (κ1) is 18.4. The van der Waals surface area contributed by atoms with Gasteiger partial charge in [-0.2, -0.15) is 0 Å². The van der Waals surface area contributed by atoms with Crippen molar-refractivity contribution in [3.05, 3.63) is 0 Å². The summed E-state index contributed by atoms with van der Waals surface area (Å²) in [6.45, 7) is 9.10. The third-order valence-corrected chi connectivity index (χ3v) is 4.51. The largest absolute Gasteiger partial charge is 0.480 e. The third-order valence-electron chi connectivity index (χ3n) is 4.51. The molecule has 0 spiro atoms. The van der Waals surface area contributed by atoms with E-state index >= 15 is 0 Å². The number of carboxylic acids is 1. The molecule has 0 aromatic carbocycles. The average molecular weight is 299 g/mol. The molecule has 0 aromatic heterocycles. The van der Waals surface area contributed by atoms with Crippen LogP contribution >= 0.6 is 0 Å². The minimum atomic E-state index is -0.787. The Labute approximate surface area is 129 Å². The average Bonchev–Trinajstić information content (AvgIpc) is 2.81.